The first-order valence-corrected chi connectivity index (χ1v) is 7.36. The first-order valence-electron chi connectivity index (χ1n) is 6.82. The number of anilines is 1. The van der Waals surface area contributed by atoms with Crippen LogP contribution in [0.5, 0.6) is 11.5 Å². The zero-order valence-electron chi connectivity index (χ0n) is 11.4. The topological polar surface area (TPSA) is 43.4 Å². The predicted molar refractivity (Wildman–Crippen MR) is 81.2 cm³/mol. The van der Waals surface area contributed by atoms with Crippen LogP contribution >= 0.6 is 11.6 Å². The molecule has 0 fully saturated rings. The molecule has 0 bridgehead atoms. The van der Waals surface area contributed by atoms with Crippen LogP contribution in [-0.4, -0.2) is 30.1 Å². The van der Waals surface area contributed by atoms with Gasteiger partial charge < -0.3 is 14.8 Å². The Hall–Kier alpha value is -1.68. The second kappa shape index (κ2) is 5.75. The molecule has 0 radical (unpaired) electrons. The van der Waals surface area contributed by atoms with Gasteiger partial charge in [-0.15, -0.1) is 11.6 Å². The first kappa shape index (κ1) is 13.3. The quantitative estimate of drug-likeness (QED) is 0.877. The van der Waals surface area contributed by atoms with Crippen LogP contribution in [0.15, 0.2) is 24.4 Å². The summed E-state index contributed by atoms with van der Waals surface area (Å²) >= 11 is 5.95. The molecule has 20 heavy (non-hydrogen) atoms. The molecule has 106 valence electrons. The lowest BCUT2D eigenvalue weighted by Gasteiger charge is -2.20. The number of ether oxygens (including phenoxy) is 2. The van der Waals surface area contributed by atoms with Crippen molar-refractivity contribution in [2.24, 2.45) is 0 Å². The van der Waals surface area contributed by atoms with E-state index in [9.17, 15) is 0 Å². The Morgan fingerprint density at radius 1 is 1.30 bits per heavy atom. The molecular formula is C15H17ClN2O2. The number of hydrogen-bond donors (Lipinski definition) is 1. The second-order valence-corrected chi connectivity index (χ2v) is 5.09. The monoisotopic (exact) mass is 292 g/mol. The number of fused-ring (bicyclic) bond motifs is 2. The van der Waals surface area contributed by atoms with E-state index in [1.807, 2.05) is 18.2 Å². The maximum Gasteiger partial charge on any atom is 0.162 e. The van der Waals surface area contributed by atoms with Crippen LogP contribution in [0.2, 0.25) is 0 Å². The van der Waals surface area contributed by atoms with Crippen LogP contribution in [0.1, 0.15) is 13.3 Å². The van der Waals surface area contributed by atoms with Crippen LogP contribution in [-0.2, 0) is 0 Å². The molecule has 4 nitrogen and oxygen atoms in total. The molecule has 1 aliphatic heterocycles. The number of alkyl halides is 1. The van der Waals surface area contributed by atoms with Crippen LogP contribution in [0, 0.1) is 0 Å². The van der Waals surface area contributed by atoms with Crippen LogP contribution < -0.4 is 14.8 Å². The van der Waals surface area contributed by atoms with Crippen molar-refractivity contribution in [3.63, 3.8) is 0 Å². The Morgan fingerprint density at radius 3 is 2.75 bits per heavy atom. The van der Waals surface area contributed by atoms with Crippen LogP contribution in [0.3, 0.4) is 0 Å². The summed E-state index contributed by atoms with van der Waals surface area (Å²) in [6.07, 6.45) is 2.74. The summed E-state index contributed by atoms with van der Waals surface area (Å²) in [5.41, 5.74) is 0. The van der Waals surface area contributed by atoms with Crippen LogP contribution in [0.25, 0.3) is 10.8 Å². The van der Waals surface area contributed by atoms with Gasteiger partial charge in [-0.2, -0.15) is 0 Å². The third-order valence-electron chi connectivity index (χ3n) is 3.45. The number of nitrogens with one attached hydrogen (secondary N) is 1. The molecule has 2 heterocycles. The number of aromatic nitrogens is 1. The van der Waals surface area contributed by atoms with Crippen molar-refractivity contribution >= 4 is 28.2 Å². The van der Waals surface area contributed by atoms with E-state index in [-0.39, 0.29) is 6.04 Å². The first-order chi connectivity index (χ1) is 9.81. The van der Waals surface area contributed by atoms with Gasteiger partial charge >= 0.3 is 0 Å². The summed E-state index contributed by atoms with van der Waals surface area (Å²) in [5, 5.41) is 5.50. The third-order valence-corrected chi connectivity index (χ3v) is 3.82. The Morgan fingerprint density at radius 2 is 2.05 bits per heavy atom. The van der Waals surface area contributed by atoms with E-state index >= 15 is 0 Å². The van der Waals surface area contributed by atoms with Gasteiger partial charge in [0.25, 0.3) is 0 Å². The van der Waals surface area contributed by atoms with Crippen molar-refractivity contribution in [3.8, 4) is 11.5 Å². The number of pyridine rings is 1. The summed E-state index contributed by atoms with van der Waals surface area (Å²) < 4.78 is 11.2. The molecule has 1 aromatic heterocycles. The van der Waals surface area contributed by atoms with Gasteiger partial charge in [0.15, 0.2) is 11.5 Å². The molecule has 2 aromatic rings. The summed E-state index contributed by atoms with van der Waals surface area (Å²) in [6.45, 7) is 3.28. The smallest absolute Gasteiger partial charge is 0.162 e. The van der Waals surface area contributed by atoms with Gasteiger partial charge in [0.1, 0.15) is 19.0 Å². The number of rotatable bonds is 4. The number of hydrogen-bond acceptors (Lipinski definition) is 4. The van der Waals surface area contributed by atoms with E-state index in [0.29, 0.717) is 19.1 Å². The highest BCUT2D eigenvalue weighted by atomic mass is 35.5. The molecule has 0 saturated carbocycles. The lowest BCUT2D eigenvalue weighted by Crippen LogP contribution is -2.21. The highest BCUT2D eigenvalue weighted by molar-refractivity contribution is 6.18. The molecule has 1 atom stereocenters. The highest BCUT2D eigenvalue weighted by Gasteiger charge is 2.15. The highest BCUT2D eigenvalue weighted by Crippen LogP contribution is 2.36. The fourth-order valence-corrected chi connectivity index (χ4v) is 2.56. The van der Waals surface area contributed by atoms with Crippen molar-refractivity contribution in [2.75, 3.05) is 24.4 Å². The molecule has 5 heteroatoms. The predicted octanol–water partition coefficient (Wildman–Crippen LogP) is 3.44. The Labute approximate surface area is 123 Å². The van der Waals surface area contributed by atoms with E-state index in [1.165, 1.54) is 0 Å². The van der Waals surface area contributed by atoms with Crippen molar-refractivity contribution in [1.29, 1.82) is 0 Å². The molecule has 1 aromatic carbocycles. The normalized spacial score (nSPS) is 15.1. The van der Waals surface area contributed by atoms with Gasteiger partial charge in [-0.3, -0.25) is 0 Å². The van der Waals surface area contributed by atoms with Crippen molar-refractivity contribution in [1.82, 2.24) is 4.98 Å². The molecule has 1 unspecified atom stereocenters. The van der Waals surface area contributed by atoms with E-state index in [0.717, 1.165) is 34.5 Å². The van der Waals surface area contributed by atoms with Gasteiger partial charge in [-0.25, -0.2) is 4.98 Å². The van der Waals surface area contributed by atoms with Gasteiger partial charge in [0.2, 0.25) is 0 Å². The maximum atomic E-state index is 5.95. The molecular weight excluding hydrogens is 276 g/mol. The molecule has 1 aliphatic rings. The molecule has 0 amide bonds. The van der Waals surface area contributed by atoms with Crippen molar-refractivity contribution in [2.45, 2.75) is 19.4 Å². The molecule has 0 aliphatic carbocycles. The standard InChI is InChI=1S/C15H17ClN2O2/c1-2-11(9-16)18-15-12-8-14-13(19-5-6-20-14)7-10(12)3-4-17-15/h3-4,7-8,11H,2,5-6,9H2,1H3,(H,17,18). The van der Waals surface area contributed by atoms with E-state index in [4.69, 9.17) is 21.1 Å². The van der Waals surface area contributed by atoms with Crippen molar-refractivity contribution < 1.29 is 9.47 Å². The fourth-order valence-electron chi connectivity index (χ4n) is 2.27. The Kier molecular flexibility index (Phi) is 3.83. The summed E-state index contributed by atoms with van der Waals surface area (Å²) in [6, 6.07) is 6.17. The minimum atomic E-state index is 0.211. The average molecular weight is 293 g/mol. The molecule has 0 spiro atoms. The zero-order chi connectivity index (χ0) is 13.9. The minimum absolute atomic E-state index is 0.211. The van der Waals surface area contributed by atoms with Gasteiger partial charge in [0.05, 0.1) is 0 Å². The second-order valence-electron chi connectivity index (χ2n) is 4.78. The average Bonchev–Trinajstić information content (AvgIpc) is 2.50. The Bertz CT molecular complexity index is 614. The van der Waals surface area contributed by atoms with E-state index in [2.05, 4.69) is 17.2 Å². The molecule has 0 saturated heterocycles. The summed E-state index contributed by atoms with van der Waals surface area (Å²) in [5.74, 6) is 2.97. The molecule has 3 rings (SSSR count). The third kappa shape index (κ3) is 2.48. The largest absolute Gasteiger partial charge is 0.486 e. The molecule has 1 N–H and O–H groups in total. The van der Waals surface area contributed by atoms with Gasteiger partial charge in [-0.05, 0) is 30.0 Å². The fraction of sp³-hybridized carbons (Fsp3) is 0.400. The lowest BCUT2D eigenvalue weighted by atomic mass is 10.1. The summed E-state index contributed by atoms with van der Waals surface area (Å²) in [4.78, 5) is 4.43. The van der Waals surface area contributed by atoms with E-state index in [1.54, 1.807) is 6.20 Å². The number of nitrogens with zero attached hydrogens (tertiary/aromatic N) is 1. The number of benzene rings is 1. The van der Waals surface area contributed by atoms with Crippen molar-refractivity contribution in [3.05, 3.63) is 24.4 Å². The number of halogens is 1. The van der Waals surface area contributed by atoms with Gasteiger partial charge in [0, 0.05) is 23.5 Å². The summed E-state index contributed by atoms with van der Waals surface area (Å²) in [7, 11) is 0. The zero-order valence-corrected chi connectivity index (χ0v) is 12.1. The van der Waals surface area contributed by atoms with Crippen LogP contribution in [0.4, 0.5) is 5.82 Å². The minimum Gasteiger partial charge on any atom is -0.486 e. The van der Waals surface area contributed by atoms with Gasteiger partial charge in [-0.1, -0.05) is 6.92 Å². The Balaban J connectivity index is 2.04. The van der Waals surface area contributed by atoms with E-state index < -0.39 is 0 Å². The maximum absolute atomic E-state index is 5.95. The lowest BCUT2D eigenvalue weighted by molar-refractivity contribution is 0.172. The SMILES string of the molecule is CCC(CCl)Nc1nccc2cc3c(cc12)OCCO3.